The molecule has 0 spiro atoms. The van der Waals surface area contributed by atoms with E-state index in [1.54, 1.807) is 61.3 Å². The predicted molar refractivity (Wildman–Crippen MR) is 156 cm³/mol. The number of carbonyl (C=O) groups is 2. The zero-order valence-corrected chi connectivity index (χ0v) is 24.9. The van der Waals surface area contributed by atoms with Gasteiger partial charge < -0.3 is 24.4 Å². The van der Waals surface area contributed by atoms with E-state index >= 15 is 0 Å². The molecule has 3 aromatic rings. The summed E-state index contributed by atoms with van der Waals surface area (Å²) in [7, 11) is -0.340. The van der Waals surface area contributed by atoms with E-state index in [9.17, 15) is 28.2 Å². The normalized spacial score (nSPS) is 18.4. The molecule has 0 unspecified atom stereocenters. The molecular formula is C29H37N5O7S. The van der Waals surface area contributed by atoms with Crippen molar-refractivity contribution in [2.24, 2.45) is 13.0 Å². The Kier molecular flexibility index (Phi) is 9.54. The number of carbonyl (C=O) groups excluding carboxylic acids is 1. The molecule has 12 nitrogen and oxygen atoms in total. The van der Waals surface area contributed by atoms with Gasteiger partial charge in [0.15, 0.2) is 5.03 Å². The number of anilines is 1. The summed E-state index contributed by atoms with van der Waals surface area (Å²) in [4.78, 5) is 32.3. The Morgan fingerprint density at radius 1 is 1.24 bits per heavy atom. The van der Waals surface area contributed by atoms with Crippen molar-refractivity contribution in [3.8, 4) is 5.75 Å². The maximum atomic E-state index is 13.5. The van der Waals surface area contributed by atoms with E-state index in [0.717, 1.165) is 5.56 Å². The predicted octanol–water partition coefficient (Wildman–Crippen LogP) is 2.20. The van der Waals surface area contributed by atoms with E-state index in [0.29, 0.717) is 30.9 Å². The lowest BCUT2D eigenvalue weighted by molar-refractivity contribution is -0.134. The van der Waals surface area contributed by atoms with Crippen LogP contribution in [-0.2, 0) is 34.8 Å². The fourth-order valence-electron chi connectivity index (χ4n) is 4.88. The number of ether oxygens (including phenoxy) is 1. The SMILES string of the molecule is C[C@H]1CN([C@@H](C)CO)C(=O)Cc2cc(NS(=O)(=O)c3cn(C)cn3)ccc2O[C@H]1CN(C)Cc1ccc(C(=O)O)cc1. The third kappa shape index (κ3) is 7.46. The minimum atomic E-state index is -3.95. The molecule has 2 heterocycles. The largest absolute Gasteiger partial charge is 0.488 e. The molecule has 0 saturated carbocycles. The number of nitrogens with one attached hydrogen (secondary N) is 1. The summed E-state index contributed by atoms with van der Waals surface area (Å²) in [6.45, 7) is 4.97. The Bertz CT molecular complexity index is 1520. The van der Waals surface area contributed by atoms with Gasteiger partial charge in [-0.15, -0.1) is 0 Å². The number of carboxylic acid groups (broad SMARTS) is 1. The van der Waals surface area contributed by atoms with Gasteiger partial charge in [0.05, 0.1) is 31.0 Å². The average Bonchev–Trinajstić information content (AvgIpc) is 3.40. The summed E-state index contributed by atoms with van der Waals surface area (Å²) in [5.74, 6) is -0.831. The molecule has 1 amide bonds. The van der Waals surface area contributed by atoms with E-state index in [1.807, 2.05) is 14.0 Å². The number of nitrogens with zero attached hydrogens (tertiary/aromatic N) is 4. The Labute approximate surface area is 245 Å². The summed E-state index contributed by atoms with van der Waals surface area (Å²) >= 11 is 0. The minimum Gasteiger partial charge on any atom is -0.488 e. The van der Waals surface area contributed by atoms with Crippen LogP contribution in [0.25, 0.3) is 0 Å². The topological polar surface area (TPSA) is 154 Å². The van der Waals surface area contributed by atoms with Crippen LogP contribution in [0.3, 0.4) is 0 Å². The Morgan fingerprint density at radius 2 is 1.95 bits per heavy atom. The summed E-state index contributed by atoms with van der Waals surface area (Å²) in [5, 5.41) is 18.9. The summed E-state index contributed by atoms with van der Waals surface area (Å²) < 4.78 is 36.3. The number of hydrogen-bond donors (Lipinski definition) is 3. The Hall–Kier alpha value is -3.94. The highest BCUT2D eigenvalue weighted by molar-refractivity contribution is 7.92. The highest BCUT2D eigenvalue weighted by Gasteiger charge is 2.31. The molecule has 42 heavy (non-hydrogen) atoms. The van der Waals surface area contributed by atoms with Crippen molar-refractivity contribution in [2.75, 3.05) is 31.5 Å². The molecule has 0 radical (unpaired) electrons. The smallest absolute Gasteiger partial charge is 0.335 e. The van der Waals surface area contributed by atoms with Crippen LogP contribution in [0.5, 0.6) is 5.75 Å². The van der Waals surface area contributed by atoms with Crippen LogP contribution in [0.4, 0.5) is 5.69 Å². The van der Waals surface area contributed by atoms with Gasteiger partial charge in [-0.1, -0.05) is 19.1 Å². The van der Waals surface area contributed by atoms with Gasteiger partial charge in [0.25, 0.3) is 10.0 Å². The quantitative estimate of drug-likeness (QED) is 0.318. The second-order valence-electron chi connectivity index (χ2n) is 10.9. The maximum absolute atomic E-state index is 13.5. The number of carboxylic acids is 1. The fraction of sp³-hybridized carbons (Fsp3) is 0.414. The molecule has 4 rings (SSSR count). The van der Waals surface area contributed by atoms with Crippen LogP contribution in [0.15, 0.2) is 60.0 Å². The first-order valence-corrected chi connectivity index (χ1v) is 15.1. The number of hydrogen-bond acceptors (Lipinski definition) is 8. The van der Waals surface area contributed by atoms with Gasteiger partial charge in [-0.25, -0.2) is 9.78 Å². The lowest BCUT2D eigenvalue weighted by Crippen LogP contribution is -2.47. The van der Waals surface area contributed by atoms with Crippen molar-refractivity contribution in [3.05, 3.63) is 71.7 Å². The molecule has 1 aromatic heterocycles. The van der Waals surface area contributed by atoms with Crippen LogP contribution < -0.4 is 9.46 Å². The Morgan fingerprint density at radius 3 is 2.57 bits per heavy atom. The molecule has 0 bridgehead atoms. The van der Waals surface area contributed by atoms with E-state index in [4.69, 9.17) is 4.74 Å². The third-order valence-corrected chi connectivity index (χ3v) is 8.54. The van der Waals surface area contributed by atoms with Crippen LogP contribution in [0.2, 0.25) is 0 Å². The number of benzene rings is 2. The molecule has 226 valence electrons. The van der Waals surface area contributed by atoms with Crippen LogP contribution >= 0.6 is 0 Å². The maximum Gasteiger partial charge on any atom is 0.335 e. The van der Waals surface area contributed by atoms with Crippen molar-refractivity contribution in [1.82, 2.24) is 19.4 Å². The first-order valence-electron chi connectivity index (χ1n) is 13.6. The zero-order chi connectivity index (χ0) is 30.6. The van der Waals surface area contributed by atoms with E-state index in [-0.39, 0.29) is 47.2 Å². The van der Waals surface area contributed by atoms with Gasteiger partial charge in [-0.2, -0.15) is 8.42 Å². The van der Waals surface area contributed by atoms with Crippen LogP contribution in [-0.4, -0.2) is 88.7 Å². The number of likely N-dealkylation sites (N-methyl/N-ethyl adjacent to an activating group) is 1. The van der Waals surface area contributed by atoms with Gasteiger partial charge in [0.2, 0.25) is 5.91 Å². The van der Waals surface area contributed by atoms with E-state index in [1.165, 1.54) is 17.1 Å². The fourth-order valence-corrected chi connectivity index (χ4v) is 5.91. The molecular weight excluding hydrogens is 562 g/mol. The lowest BCUT2D eigenvalue weighted by Gasteiger charge is -2.34. The zero-order valence-electron chi connectivity index (χ0n) is 24.1. The molecule has 13 heteroatoms. The number of aryl methyl sites for hydroxylation is 1. The number of rotatable bonds is 10. The highest BCUT2D eigenvalue weighted by atomic mass is 32.2. The molecule has 1 aliphatic rings. The Balaban J connectivity index is 1.60. The molecule has 0 saturated heterocycles. The number of imidazole rings is 1. The van der Waals surface area contributed by atoms with Crippen LogP contribution in [0.1, 0.15) is 35.3 Å². The molecule has 0 fully saturated rings. The van der Waals surface area contributed by atoms with Crippen molar-refractivity contribution in [3.63, 3.8) is 0 Å². The van der Waals surface area contributed by atoms with Crippen molar-refractivity contribution < 1.29 is 33.0 Å². The molecule has 0 aliphatic carbocycles. The summed E-state index contributed by atoms with van der Waals surface area (Å²) in [6, 6.07) is 11.1. The van der Waals surface area contributed by atoms with Crippen molar-refractivity contribution in [2.45, 2.75) is 44.0 Å². The number of aromatic carboxylic acids is 1. The summed E-state index contributed by atoms with van der Waals surface area (Å²) in [5.41, 5.74) is 1.94. The van der Waals surface area contributed by atoms with Crippen molar-refractivity contribution >= 4 is 27.6 Å². The number of sulfonamides is 1. The standard InChI is InChI=1S/C29H37N5O7S/c1-19-13-34(20(2)17-35)28(36)12-23-11-24(31-42(39,40)27-16-33(4)18-30-27)9-10-25(23)41-26(19)15-32(3)14-21-5-7-22(8-6-21)29(37)38/h5-11,16,18-20,26,31,35H,12-15,17H2,1-4H3,(H,37,38)/t19-,20-,26-/m0/s1. The number of aromatic nitrogens is 2. The second kappa shape index (κ2) is 12.9. The van der Waals surface area contributed by atoms with Gasteiger partial charge in [0, 0.05) is 50.0 Å². The van der Waals surface area contributed by atoms with E-state index in [2.05, 4.69) is 14.6 Å². The first-order chi connectivity index (χ1) is 19.9. The van der Waals surface area contributed by atoms with Crippen LogP contribution in [0, 0.1) is 5.92 Å². The molecule has 1 aliphatic heterocycles. The second-order valence-corrected chi connectivity index (χ2v) is 12.5. The molecule has 2 aromatic carbocycles. The van der Waals surface area contributed by atoms with E-state index < -0.39 is 22.0 Å². The molecule has 3 atom stereocenters. The number of aliphatic hydroxyl groups excluding tert-OH is 1. The monoisotopic (exact) mass is 599 g/mol. The number of aliphatic hydroxyl groups is 1. The number of fused-ring (bicyclic) bond motifs is 1. The van der Waals surface area contributed by atoms with Crippen molar-refractivity contribution in [1.29, 1.82) is 0 Å². The highest BCUT2D eigenvalue weighted by Crippen LogP contribution is 2.30. The minimum absolute atomic E-state index is 0.0377. The van der Waals surface area contributed by atoms with Gasteiger partial charge in [0.1, 0.15) is 11.9 Å². The summed E-state index contributed by atoms with van der Waals surface area (Å²) in [6.07, 6.45) is 2.39. The number of amides is 1. The third-order valence-electron chi connectivity index (χ3n) is 7.27. The average molecular weight is 600 g/mol. The molecule has 3 N–H and O–H groups in total. The van der Waals surface area contributed by atoms with Gasteiger partial charge >= 0.3 is 5.97 Å². The first kappa shape index (κ1) is 31.0. The van der Waals surface area contributed by atoms with Gasteiger partial charge in [-0.05, 0) is 49.9 Å². The lowest BCUT2D eigenvalue weighted by atomic mass is 10.0. The van der Waals surface area contributed by atoms with Gasteiger partial charge in [-0.3, -0.25) is 14.4 Å².